The van der Waals surface area contributed by atoms with Gasteiger partial charge in [0, 0.05) is 25.6 Å². The number of hydrogen-bond acceptors (Lipinski definition) is 3. The molecule has 0 radical (unpaired) electrons. The first-order valence-corrected chi connectivity index (χ1v) is 7.23. The monoisotopic (exact) mass is 292 g/mol. The predicted molar refractivity (Wildman–Crippen MR) is 81.6 cm³/mol. The largest absolute Gasteiger partial charge is 0.396 e. The van der Waals surface area contributed by atoms with Gasteiger partial charge >= 0.3 is 0 Å². The second-order valence-electron chi connectivity index (χ2n) is 5.28. The predicted octanol–water partition coefficient (Wildman–Crippen LogP) is 0.869. The number of hydrogen-bond donors (Lipinski definition) is 3. The lowest BCUT2D eigenvalue weighted by Gasteiger charge is -2.19. The Balaban J connectivity index is 2.21. The molecule has 0 bridgehead atoms. The SMILES string of the molecule is CC(CO)C(C)NC(=O)CCNC(=O)Cc1ccccc1. The van der Waals surface area contributed by atoms with E-state index in [-0.39, 0.29) is 36.8 Å². The summed E-state index contributed by atoms with van der Waals surface area (Å²) in [4.78, 5) is 23.4. The van der Waals surface area contributed by atoms with Gasteiger partial charge in [-0.1, -0.05) is 37.3 Å². The number of aliphatic hydroxyl groups is 1. The molecule has 0 aliphatic heterocycles. The van der Waals surface area contributed by atoms with Crippen molar-refractivity contribution >= 4 is 11.8 Å². The fourth-order valence-electron chi connectivity index (χ4n) is 1.79. The summed E-state index contributed by atoms with van der Waals surface area (Å²) in [6.45, 7) is 4.08. The van der Waals surface area contributed by atoms with Crippen molar-refractivity contribution in [2.75, 3.05) is 13.2 Å². The lowest BCUT2D eigenvalue weighted by molar-refractivity contribution is -0.122. The maximum atomic E-state index is 11.7. The Labute approximate surface area is 125 Å². The lowest BCUT2D eigenvalue weighted by Crippen LogP contribution is -2.40. The molecular formula is C16H24N2O3. The summed E-state index contributed by atoms with van der Waals surface area (Å²) < 4.78 is 0. The van der Waals surface area contributed by atoms with E-state index in [4.69, 9.17) is 5.11 Å². The summed E-state index contributed by atoms with van der Waals surface area (Å²) in [7, 11) is 0. The van der Waals surface area contributed by atoms with Crippen molar-refractivity contribution in [1.82, 2.24) is 10.6 Å². The van der Waals surface area contributed by atoms with E-state index in [2.05, 4.69) is 10.6 Å². The highest BCUT2D eigenvalue weighted by Crippen LogP contribution is 2.01. The first-order chi connectivity index (χ1) is 10.0. The van der Waals surface area contributed by atoms with E-state index in [0.717, 1.165) is 5.56 Å². The molecule has 1 aromatic carbocycles. The number of rotatable bonds is 8. The number of carbonyl (C=O) groups is 2. The van der Waals surface area contributed by atoms with Gasteiger partial charge in [-0.3, -0.25) is 9.59 Å². The Hall–Kier alpha value is -1.88. The third-order valence-corrected chi connectivity index (χ3v) is 3.41. The molecule has 5 heteroatoms. The van der Waals surface area contributed by atoms with Crippen LogP contribution in [0.4, 0.5) is 0 Å². The Bertz CT molecular complexity index is 448. The molecule has 2 unspecified atom stereocenters. The van der Waals surface area contributed by atoms with Crippen LogP contribution in [0.2, 0.25) is 0 Å². The second kappa shape index (κ2) is 9.13. The van der Waals surface area contributed by atoms with Gasteiger partial charge in [-0.15, -0.1) is 0 Å². The molecule has 2 atom stereocenters. The molecule has 0 spiro atoms. The highest BCUT2D eigenvalue weighted by Gasteiger charge is 2.13. The van der Waals surface area contributed by atoms with Crippen LogP contribution in [-0.2, 0) is 16.0 Å². The van der Waals surface area contributed by atoms with Gasteiger partial charge in [0.1, 0.15) is 0 Å². The molecule has 0 saturated carbocycles. The highest BCUT2D eigenvalue weighted by molar-refractivity contribution is 5.80. The smallest absolute Gasteiger partial charge is 0.224 e. The van der Waals surface area contributed by atoms with E-state index in [1.54, 1.807) is 0 Å². The minimum Gasteiger partial charge on any atom is -0.396 e. The minimum atomic E-state index is -0.122. The average Bonchev–Trinajstić information content (AvgIpc) is 2.47. The molecule has 0 aliphatic carbocycles. The Morgan fingerprint density at radius 1 is 1.14 bits per heavy atom. The van der Waals surface area contributed by atoms with Crippen LogP contribution in [0.1, 0.15) is 25.8 Å². The van der Waals surface area contributed by atoms with Gasteiger partial charge in [0.05, 0.1) is 6.42 Å². The van der Waals surface area contributed by atoms with Crippen molar-refractivity contribution in [3.05, 3.63) is 35.9 Å². The zero-order valence-corrected chi connectivity index (χ0v) is 12.6. The summed E-state index contributed by atoms with van der Waals surface area (Å²) in [5, 5.41) is 14.5. The standard InChI is InChI=1S/C16H24N2O3/c1-12(11-19)13(2)18-15(20)8-9-17-16(21)10-14-6-4-3-5-7-14/h3-7,12-13,19H,8-11H2,1-2H3,(H,17,21)(H,18,20). The fourth-order valence-corrected chi connectivity index (χ4v) is 1.79. The molecule has 116 valence electrons. The van der Waals surface area contributed by atoms with Crippen LogP contribution >= 0.6 is 0 Å². The molecule has 1 aromatic rings. The van der Waals surface area contributed by atoms with E-state index in [9.17, 15) is 9.59 Å². The van der Waals surface area contributed by atoms with Gasteiger partial charge in [0.15, 0.2) is 0 Å². The molecule has 2 amide bonds. The quantitative estimate of drug-likeness (QED) is 0.665. The average molecular weight is 292 g/mol. The molecule has 3 N–H and O–H groups in total. The van der Waals surface area contributed by atoms with Crippen molar-refractivity contribution < 1.29 is 14.7 Å². The zero-order valence-electron chi connectivity index (χ0n) is 12.6. The maximum Gasteiger partial charge on any atom is 0.224 e. The summed E-state index contributed by atoms with van der Waals surface area (Å²) in [6.07, 6.45) is 0.559. The van der Waals surface area contributed by atoms with Gasteiger partial charge in [-0.2, -0.15) is 0 Å². The van der Waals surface area contributed by atoms with Crippen molar-refractivity contribution in [3.63, 3.8) is 0 Å². The van der Waals surface area contributed by atoms with Gasteiger partial charge in [-0.05, 0) is 18.4 Å². The topological polar surface area (TPSA) is 78.4 Å². The lowest BCUT2D eigenvalue weighted by atomic mass is 10.1. The van der Waals surface area contributed by atoms with Crippen LogP contribution in [0, 0.1) is 5.92 Å². The number of benzene rings is 1. The molecular weight excluding hydrogens is 268 g/mol. The first kappa shape index (κ1) is 17.2. The molecule has 0 aliphatic rings. The van der Waals surface area contributed by atoms with E-state index < -0.39 is 0 Å². The van der Waals surface area contributed by atoms with Gasteiger partial charge in [-0.25, -0.2) is 0 Å². The number of nitrogens with one attached hydrogen (secondary N) is 2. The summed E-state index contributed by atoms with van der Waals surface area (Å²) in [5.74, 6) is -0.199. The summed E-state index contributed by atoms with van der Waals surface area (Å²) in [5.41, 5.74) is 0.949. The number of aliphatic hydroxyl groups excluding tert-OH is 1. The molecule has 0 aromatic heterocycles. The van der Waals surface area contributed by atoms with E-state index >= 15 is 0 Å². The Morgan fingerprint density at radius 3 is 2.43 bits per heavy atom. The van der Waals surface area contributed by atoms with Crippen LogP contribution in [-0.4, -0.2) is 36.1 Å². The van der Waals surface area contributed by atoms with Crippen molar-refractivity contribution in [2.24, 2.45) is 5.92 Å². The normalized spacial score (nSPS) is 13.3. The van der Waals surface area contributed by atoms with Gasteiger partial charge in [0.2, 0.25) is 11.8 Å². The molecule has 21 heavy (non-hydrogen) atoms. The molecule has 0 saturated heterocycles. The molecule has 0 fully saturated rings. The third-order valence-electron chi connectivity index (χ3n) is 3.41. The molecule has 5 nitrogen and oxygen atoms in total. The van der Waals surface area contributed by atoms with Gasteiger partial charge < -0.3 is 15.7 Å². The molecule has 0 heterocycles. The van der Waals surface area contributed by atoms with Gasteiger partial charge in [0.25, 0.3) is 0 Å². The minimum absolute atomic E-state index is 0.0154. The molecule has 1 rings (SSSR count). The Morgan fingerprint density at radius 2 is 1.81 bits per heavy atom. The van der Waals surface area contributed by atoms with E-state index in [0.29, 0.717) is 13.0 Å². The number of carbonyl (C=O) groups excluding carboxylic acids is 2. The maximum absolute atomic E-state index is 11.7. The van der Waals surface area contributed by atoms with E-state index in [1.165, 1.54) is 0 Å². The number of amides is 2. The summed E-state index contributed by atoms with van der Waals surface area (Å²) >= 11 is 0. The second-order valence-corrected chi connectivity index (χ2v) is 5.28. The Kier molecular flexibility index (Phi) is 7.46. The third kappa shape index (κ3) is 6.90. The highest BCUT2D eigenvalue weighted by atomic mass is 16.3. The summed E-state index contributed by atoms with van der Waals surface area (Å²) in [6, 6.07) is 9.39. The van der Waals surface area contributed by atoms with Crippen molar-refractivity contribution in [3.8, 4) is 0 Å². The zero-order chi connectivity index (χ0) is 15.7. The van der Waals surface area contributed by atoms with Crippen LogP contribution in [0.15, 0.2) is 30.3 Å². The van der Waals surface area contributed by atoms with E-state index in [1.807, 2.05) is 44.2 Å². The first-order valence-electron chi connectivity index (χ1n) is 7.23. The van der Waals surface area contributed by atoms with Crippen LogP contribution in [0.3, 0.4) is 0 Å². The van der Waals surface area contributed by atoms with Crippen LogP contribution in [0.25, 0.3) is 0 Å². The fraction of sp³-hybridized carbons (Fsp3) is 0.500. The van der Waals surface area contributed by atoms with Crippen molar-refractivity contribution in [2.45, 2.75) is 32.7 Å². The van der Waals surface area contributed by atoms with Crippen LogP contribution in [0.5, 0.6) is 0 Å². The van der Waals surface area contributed by atoms with Crippen LogP contribution < -0.4 is 10.6 Å². The van der Waals surface area contributed by atoms with Crippen molar-refractivity contribution in [1.29, 1.82) is 0 Å².